The standard InChI is InChI=1S/C21H36N4O2.2ClH/c26-19(23-18-7-2-1-3-8-18)15-24-10-12-25(13-11-24)20(27)21-9-5-4-6-17(21)14-22-16-21;;/h17-18,22H,1-16H2,(H,23,26);2*1H/t17-,21+;;/m0../s1. The molecule has 0 unspecified atom stereocenters. The molecule has 0 spiro atoms. The average Bonchev–Trinajstić information content (AvgIpc) is 3.14. The minimum atomic E-state index is -0.140. The molecule has 168 valence electrons. The molecule has 2 N–H and O–H groups in total. The summed E-state index contributed by atoms with van der Waals surface area (Å²) in [6, 6.07) is 0.381. The highest BCUT2D eigenvalue weighted by atomic mass is 35.5. The van der Waals surface area contributed by atoms with E-state index in [0.29, 0.717) is 24.4 Å². The van der Waals surface area contributed by atoms with Crippen molar-refractivity contribution in [2.45, 2.75) is 63.8 Å². The summed E-state index contributed by atoms with van der Waals surface area (Å²) >= 11 is 0. The van der Waals surface area contributed by atoms with E-state index in [4.69, 9.17) is 0 Å². The van der Waals surface area contributed by atoms with Crippen LogP contribution in [0.5, 0.6) is 0 Å². The third-order valence-electron chi connectivity index (χ3n) is 7.46. The summed E-state index contributed by atoms with van der Waals surface area (Å²) in [4.78, 5) is 30.0. The van der Waals surface area contributed by atoms with Crippen LogP contribution in [0, 0.1) is 11.3 Å². The van der Waals surface area contributed by atoms with Crippen LogP contribution < -0.4 is 10.6 Å². The quantitative estimate of drug-likeness (QED) is 0.691. The predicted octanol–water partition coefficient (Wildman–Crippen LogP) is 2.20. The molecule has 2 atom stereocenters. The maximum Gasteiger partial charge on any atom is 0.234 e. The van der Waals surface area contributed by atoms with Crippen molar-refractivity contribution in [3.8, 4) is 0 Å². The van der Waals surface area contributed by atoms with Gasteiger partial charge in [0.1, 0.15) is 0 Å². The van der Waals surface area contributed by atoms with Crippen LogP contribution in [0.25, 0.3) is 0 Å². The summed E-state index contributed by atoms with van der Waals surface area (Å²) in [6.45, 7) is 5.52. The van der Waals surface area contributed by atoms with Gasteiger partial charge in [-0.05, 0) is 38.1 Å². The fourth-order valence-electron chi connectivity index (χ4n) is 5.82. The molecule has 29 heavy (non-hydrogen) atoms. The number of hydrogen-bond acceptors (Lipinski definition) is 4. The lowest BCUT2D eigenvalue weighted by atomic mass is 9.67. The van der Waals surface area contributed by atoms with Gasteiger partial charge in [0, 0.05) is 38.8 Å². The smallest absolute Gasteiger partial charge is 0.234 e. The van der Waals surface area contributed by atoms with E-state index in [9.17, 15) is 9.59 Å². The van der Waals surface area contributed by atoms with Gasteiger partial charge in [0.05, 0.1) is 12.0 Å². The molecular formula is C21H38Cl2N4O2. The lowest BCUT2D eigenvalue weighted by Crippen LogP contribution is -2.57. The molecule has 4 fully saturated rings. The number of amides is 2. The molecular weight excluding hydrogens is 411 g/mol. The van der Waals surface area contributed by atoms with E-state index in [1.165, 1.54) is 38.5 Å². The summed E-state index contributed by atoms with van der Waals surface area (Å²) in [6.07, 6.45) is 10.7. The Morgan fingerprint density at radius 1 is 0.931 bits per heavy atom. The summed E-state index contributed by atoms with van der Waals surface area (Å²) < 4.78 is 0. The highest BCUT2D eigenvalue weighted by Gasteiger charge is 2.51. The van der Waals surface area contributed by atoms with Crippen LogP contribution in [-0.2, 0) is 9.59 Å². The van der Waals surface area contributed by atoms with Crippen LogP contribution in [0.2, 0.25) is 0 Å². The molecule has 0 aromatic heterocycles. The van der Waals surface area contributed by atoms with E-state index in [1.54, 1.807) is 0 Å². The van der Waals surface area contributed by atoms with Crippen LogP contribution in [0.4, 0.5) is 0 Å². The van der Waals surface area contributed by atoms with E-state index in [0.717, 1.165) is 58.5 Å². The SMILES string of the molecule is Cl.Cl.O=C(CN1CCN(C(=O)[C@@]23CCCC[C@H]2CNC3)CC1)NC1CCCCC1. The van der Waals surface area contributed by atoms with Crippen molar-refractivity contribution in [1.29, 1.82) is 0 Å². The highest BCUT2D eigenvalue weighted by molar-refractivity contribution is 5.86. The van der Waals surface area contributed by atoms with Gasteiger partial charge in [-0.1, -0.05) is 32.1 Å². The fourth-order valence-corrected chi connectivity index (χ4v) is 5.82. The van der Waals surface area contributed by atoms with Gasteiger partial charge in [-0.25, -0.2) is 0 Å². The van der Waals surface area contributed by atoms with Crippen molar-refractivity contribution in [1.82, 2.24) is 20.4 Å². The fraction of sp³-hybridized carbons (Fsp3) is 0.905. The number of nitrogens with zero attached hydrogens (tertiary/aromatic N) is 2. The van der Waals surface area contributed by atoms with Crippen molar-refractivity contribution in [3.63, 3.8) is 0 Å². The van der Waals surface area contributed by atoms with Crippen LogP contribution >= 0.6 is 24.8 Å². The third kappa shape index (κ3) is 5.57. The topological polar surface area (TPSA) is 64.7 Å². The molecule has 2 heterocycles. The predicted molar refractivity (Wildman–Crippen MR) is 120 cm³/mol. The van der Waals surface area contributed by atoms with Gasteiger partial charge in [-0.3, -0.25) is 14.5 Å². The van der Waals surface area contributed by atoms with Crippen molar-refractivity contribution in [2.24, 2.45) is 11.3 Å². The monoisotopic (exact) mass is 448 g/mol. The van der Waals surface area contributed by atoms with Gasteiger partial charge in [0.2, 0.25) is 11.8 Å². The van der Waals surface area contributed by atoms with Crippen LogP contribution in [0.3, 0.4) is 0 Å². The van der Waals surface area contributed by atoms with Gasteiger partial charge in [-0.15, -0.1) is 24.8 Å². The molecule has 0 aromatic rings. The van der Waals surface area contributed by atoms with E-state index in [1.807, 2.05) is 0 Å². The van der Waals surface area contributed by atoms with Gasteiger partial charge in [-0.2, -0.15) is 0 Å². The largest absolute Gasteiger partial charge is 0.352 e. The first-order valence-corrected chi connectivity index (χ1v) is 11.2. The summed E-state index contributed by atoms with van der Waals surface area (Å²) in [5.74, 6) is 1.06. The van der Waals surface area contributed by atoms with Crippen molar-refractivity contribution in [3.05, 3.63) is 0 Å². The Morgan fingerprint density at radius 3 is 2.34 bits per heavy atom. The lowest BCUT2D eigenvalue weighted by molar-refractivity contribution is -0.147. The highest BCUT2D eigenvalue weighted by Crippen LogP contribution is 2.45. The van der Waals surface area contributed by atoms with Crippen molar-refractivity contribution < 1.29 is 9.59 Å². The number of piperazine rings is 1. The van der Waals surface area contributed by atoms with Gasteiger partial charge >= 0.3 is 0 Å². The number of fused-ring (bicyclic) bond motifs is 1. The Balaban J connectivity index is 0.00000150. The molecule has 4 aliphatic rings. The number of rotatable bonds is 4. The summed E-state index contributed by atoms with van der Waals surface area (Å²) in [5, 5.41) is 6.70. The van der Waals surface area contributed by atoms with Crippen molar-refractivity contribution in [2.75, 3.05) is 45.8 Å². The third-order valence-corrected chi connectivity index (χ3v) is 7.46. The minimum absolute atomic E-state index is 0. The second-order valence-electron chi connectivity index (χ2n) is 9.20. The molecule has 4 rings (SSSR count). The Bertz CT molecular complexity index is 551. The normalized spacial score (nSPS) is 30.6. The zero-order valence-electron chi connectivity index (χ0n) is 17.5. The van der Waals surface area contributed by atoms with Crippen LogP contribution in [-0.4, -0.2) is 73.5 Å². The molecule has 2 aliphatic heterocycles. The maximum atomic E-state index is 13.3. The van der Waals surface area contributed by atoms with Crippen LogP contribution in [0.1, 0.15) is 57.8 Å². The molecule has 6 nitrogen and oxygen atoms in total. The second-order valence-corrected chi connectivity index (χ2v) is 9.20. The Hall–Kier alpha value is -0.560. The van der Waals surface area contributed by atoms with E-state index in [2.05, 4.69) is 20.4 Å². The summed E-state index contributed by atoms with van der Waals surface area (Å²) in [7, 11) is 0. The number of carbonyl (C=O) groups excluding carboxylic acids is 2. The van der Waals surface area contributed by atoms with E-state index < -0.39 is 0 Å². The van der Waals surface area contributed by atoms with E-state index in [-0.39, 0.29) is 36.1 Å². The number of hydrogen-bond donors (Lipinski definition) is 2. The van der Waals surface area contributed by atoms with Gasteiger partial charge < -0.3 is 15.5 Å². The molecule has 0 aromatic carbocycles. The van der Waals surface area contributed by atoms with Crippen molar-refractivity contribution >= 4 is 36.6 Å². The molecule has 2 saturated carbocycles. The lowest BCUT2D eigenvalue weighted by Gasteiger charge is -2.43. The molecule has 0 bridgehead atoms. The van der Waals surface area contributed by atoms with E-state index >= 15 is 0 Å². The maximum absolute atomic E-state index is 13.3. The van der Waals surface area contributed by atoms with Gasteiger partial charge in [0.25, 0.3) is 0 Å². The minimum Gasteiger partial charge on any atom is -0.352 e. The Kier molecular flexibility index (Phi) is 9.52. The molecule has 0 radical (unpaired) electrons. The first kappa shape index (κ1) is 24.7. The number of carbonyl (C=O) groups is 2. The second kappa shape index (κ2) is 11.2. The first-order valence-electron chi connectivity index (χ1n) is 11.2. The number of halogens is 2. The summed E-state index contributed by atoms with van der Waals surface area (Å²) in [5.41, 5.74) is -0.140. The molecule has 8 heteroatoms. The first-order chi connectivity index (χ1) is 13.2. The molecule has 2 saturated heterocycles. The Labute approximate surface area is 187 Å². The van der Waals surface area contributed by atoms with Gasteiger partial charge in [0.15, 0.2) is 0 Å². The zero-order valence-corrected chi connectivity index (χ0v) is 19.1. The molecule has 2 aliphatic carbocycles. The zero-order chi connectivity index (χ0) is 18.7. The average molecular weight is 449 g/mol. The Morgan fingerprint density at radius 2 is 1.62 bits per heavy atom. The van der Waals surface area contributed by atoms with Crippen LogP contribution in [0.15, 0.2) is 0 Å². The number of nitrogens with one attached hydrogen (secondary N) is 2. The molecule has 2 amide bonds.